The molecule has 1 atom stereocenters. The van der Waals surface area contributed by atoms with Crippen LogP contribution in [0.4, 0.5) is 0 Å². The number of halogens is 2. The van der Waals surface area contributed by atoms with Gasteiger partial charge >= 0.3 is 0 Å². The van der Waals surface area contributed by atoms with Crippen LogP contribution in [-0.2, 0) is 29.0 Å². The number of hydrogen-bond donors (Lipinski definition) is 1. The summed E-state index contributed by atoms with van der Waals surface area (Å²) in [6, 6.07) is 23.8. The zero-order valence-corrected chi connectivity index (χ0v) is 19.4. The molecule has 0 spiro atoms. The molecule has 0 aliphatic rings. The number of likely N-dealkylation sites (N-methyl/N-ethyl adjacent to an activating group) is 1. The van der Waals surface area contributed by atoms with Crippen LogP contribution in [0.1, 0.15) is 23.6 Å². The smallest absolute Gasteiger partial charge is 0.243 e. The Hall–Kier alpha value is -2.82. The highest BCUT2D eigenvalue weighted by Gasteiger charge is 2.30. The molecule has 1 N–H and O–H groups in total. The maximum absolute atomic E-state index is 13.5. The number of carbonyl (C=O) groups excluding carboxylic acids is 2. The van der Waals surface area contributed by atoms with Gasteiger partial charge < -0.3 is 10.2 Å². The minimum absolute atomic E-state index is 0.0769. The molecular weight excluding hydrogens is 443 g/mol. The van der Waals surface area contributed by atoms with E-state index in [-0.39, 0.29) is 18.2 Å². The van der Waals surface area contributed by atoms with Gasteiger partial charge in [-0.15, -0.1) is 0 Å². The Balaban J connectivity index is 1.95. The van der Waals surface area contributed by atoms with Crippen LogP contribution < -0.4 is 5.32 Å². The third-order valence-corrected chi connectivity index (χ3v) is 5.76. The van der Waals surface area contributed by atoms with Crippen LogP contribution in [0.2, 0.25) is 10.0 Å². The fourth-order valence-corrected chi connectivity index (χ4v) is 4.03. The van der Waals surface area contributed by atoms with Crippen LogP contribution in [0.25, 0.3) is 0 Å². The quantitative estimate of drug-likeness (QED) is 0.462. The first-order chi connectivity index (χ1) is 15.5. The minimum atomic E-state index is -0.656. The van der Waals surface area contributed by atoms with Crippen LogP contribution in [0, 0.1) is 0 Å². The molecule has 3 aromatic rings. The molecule has 2 amide bonds. The summed E-state index contributed by atoms with van der Waals surface area (Å²) in [5, 5.41) is 3.84. The second-order valence-corrected chi connectivity index (χ2v) is 8.36. The van der Waals surface area contributed by atoms with Crippen molar-refractivity contribution in [1.29, 1.82) is 0 Å². The minimum Gasteiger partial charge on any atom is -0.355 e. The van der Waals surface area contributed by atoms with Crippen LogP contribution in [0.5, 0.6) is 0 Å². The average Bonchev–Trinajstić information content (AvgIpc) is 2.79. The van der Waals surface area contributed by atoms with E-state index in [0.717, 1.165) is 11.1 Å². The summed E-state index contributed by atoms with van der Waals surface area (Å²) < 4.78 is 0. The lowest BCUT2D eigenvalue weighted by atomic mass is 10.0. The van der Waals surface area contributed by atoms with E-state index in [2.05, 4.69) is 5.32 Å². The Morgan fingerprint density at radius 1 is 0.906 bits per heavy atom. The predicted octanol–water partition coefficient (Wildman–Crippen LogP) is 5.31. The van der Waals surface area contributed by atoms with Gasteiger partial charge in [0.2, 0.25) is 11.8 Å². The number of nitrogens with one attached hydrogen (secondary N) is 1. The molecular formula is C26H26Cl2N2O2. The van der Waals surface area contributed by atoms with Crippen molar-refractivity contribution in [3.63, 3.8) is 0 Å². The topological polar surface area (TPSA) is 49.4 Å². The Labute approximate surface area is 199 Å². The van der Waals surface area contributed by atoms with Crippen molar-refractivity contribution in [3.05, 3.63) is 106 Å². The number of benzene rings is 3. The van der Waals surface area contributed by atoms with Crippen LogP contribution in [-0.4, -0.2) is 29.3 Å². The van der Waals surface area contributed by atoms with Crippen molar-refractivity contribution < 1.29 is 9.59 Å². The molecule has 32 heavy (non-hydrogen) atoms. The number of amides is 2. The SMILES string of the molecule is CCNC(=O)C(Cc1ccccc1)N(Cc1ccccc1)C(=O)Cc1ccc(Cl)cc1Cl. The van der Waals surface area contributed by atoms with Crippen molar-refractivity contribution in [2.75, 3.05) is 6.54 Å². The highest BCUT2D eigenvalue weighted by molar-refractivity contribution is 6.35. The highest BCUT2D eigenvalue weighted by Crippen LogP contribution is 2.23. The number of carbonyl (C=O) groups is 2. The summed E-state index contributed by atoms with van der Waals surface area (Å²) in [6.07, 6.45) is 0.493. The van der Waals surface area contributed by atoms with Crippen LogP contribution >= 0.6 is 23.2 Å². The average molecular weight is 469 g/mol. The molecule has 0 radical (unpaired) electrons. The second kappa shape index (κ2) is 11.7. The molecule has 0 heterocycles. The first kappa shape index (κ1) is 23.8. The van der Waals surface area contributed by atoms with Gasteiger partial charge in [-0.1, -0.05) is 89.9 Å². The molecule has 3 aromatic carbocycles. The molecule has 166 valence electrons. The first-order valence-electron chi connectivity index (χ1n) is 10.6. The van der Waals surface area contributed by atoms with E-state index in [1.54, 1.807) is 23.1 Å². The van der Waals surface area contributed by atoms with Gasteiger partial charge in [0.15, 0.2) is 0 Å². The summed E-state index contributed by atoms with van der Waals surface area (Å²) in [7, 11) is 0. The molecule has 0 fully saturated rings. The zero-order chi connectivity index (χ0) is 22.9. The van der Waals surface area contributed by atoms with Crippen molar-refractivity contribution in [2.24, 2.45) is 0 Å². The Bertz CT molecular complexity index is 1040. The van der Waals surface area contributed by atoms with Crippen molar-refractivity contribution in [3.8, 4) is 0 Å². The maximum atomic E-state index is 13.5. The third-order valence-electron chi connectivity index (χ3n) is 5.17. The lowest BCUT2D eigenvalue weighted by molar-refractivity contribution is -0.140. The van der Waals surface area contributed by atoms with Gasteiger partial charge in [0.1, 0.15) is 6.04 Å². The number of hydrogen-bond acceptors (Lipinski definition) is 2. The van der Waals surface area contributed by atoms with E-state index >= 15 is 0 Å². The van der Waals surface area contributed by atoms with Gasteiger partial charge in [-0.3, -0.25) is 9.59 Å². The molecule has 0 saturated carbocycles. The molecule has 0 saturated heterocycles. The standard InChI is InChI=1S/C26H26Cl2N2O2/c1-2-29-26(32)24(15-19-9-5-3-6-10-19)30(18-20-11-7-4-8-12-20)25(31)16-21-13-14-22(27)17-23(21)28/h3-14,17,24H,2,15-16,18H2,1H3,(H,29,32). The monoisotopic (exact) mass is 468 g/mol. The normalized spacial score (nSPS) is 11.6. The first-order valence-corrected chi connectivity index (χ1v) is 11.3. The third kappa shape index (κ3) is 6.59. The highest BCUT2D eigenvalue weighted by atomic mass is 35.5. The molecule has 1 unspecified atom stereocenters. The molecule has 6 heteroatoms. The molecule has 3 rings (SSSR count). The molecule has 0 aromatic heterocycles. The van der Waals surface area contributed by atoms with Gasteiger partial charge in [0, 0.05) is 29.6 Å². The van der Waals surface area contributed by atoms with Gasteiger partial charge in [-0.2, -0.15) is 0 Å². The maximum Gasteiger partial charge on any atom is 0.243 e. The summed E-state index contributed by atoms with van der Waals surface area (Å²) in [4.78, 5) is 28.3. The fourth-order valence-electron chi connectivity index (χ4n) is 3.56. The van der Waals surface area contributed by atoms with Crippen molar-refractivity contribution >= 4 is 35.0 Å². The van der Waals surface area contributed by atoms with E-state index in [4.69, 9.17) is 23.2 Å². The summed E-state index contributed by atoms with van der Waals surface area (Å²) in [5.74, 6) is -0.354. The van der Waals surface area contributed by atoms with Gasteiger partial charge in [-0.05, 0) is 35.7 Å². The van der Waals surface area contributed by atoms with Crippen molar-refractivity contribution in [1.82, 2.24) is 10.2 Å². The molecule has 0 bridgehead atoms. The van der Waals surface area contributed by atoms with Crippen molar-refractivity contribution in [2.45, 2.75) is 32.4 Å². The lowest BCUT2D eigenvalue weighted by Crippen LogP contribution is -2.50. The van der Waals surface area contributed by atoms with Crippen LogP contribution in [0.15, 0.2) is 78.9 Å². The van der Waals surface area contributed by atoms with E-state index in [9.17, 15) is 9.59 Å². The van der Waals surface area contributed by atoms with Crippen LogP contribution in [0.3, 0.4) is 0 Å². The Morgan fingerprint density at radius 2 is 1.53 bits per heavy atom. The fraction of sp³-hybridized carbons (Fsp3) is 0.231. The summed E-state index contributed by atoms with van der Waals surface area (Å²) in [6.45, 7) is 2.67. The van der Waals surface area contributed by atoms with E-state index in [1.165, 1.54) is 0 Å². The summed E-state index contributed by atoms with van der Waals surface area (Å²) >= 11 is 12.3. The largest absolute Gasteiger partial charge is 0.355 e. The molecule has 0 aliphatic carbocycles. The van der Waals surface area contributed by atoms with E-state index < -0.39 is 6.04 Å². The Morgan fingerprint density at radius 3 is 2.12 bits per heavy atom. The predicted molar refractivity (Wildman–Crippen MR) is 130 cm³/mol. The van der Waals surface area contributed by atoms with E-state index in [1.807, 2.05) is 67.6 Å². The second-order valence-electron chi connectivity index (χ2n) is 7.52. The number of rotatable bonds is 9. The number of nitrogens with zero attached hydrogens (tertiary/aromatic N) is 1. The summed E-state index contributed by atoms with van der Waals surface area (Å²) in [5.41, 5.74) is 2.61. The van der Waals surface area contributed by atoms with Gasteiger partial charge in [0.25, 0.3) is 0 Å². The molecule has 4 nitrogen and oxygen atoms in total. The van der Waals surface area contributed by atoms with E-state index in [0.29, 0.717) is 35.1 Å². The molecule has 0 aliphatic heterocycles. The Kier molecular flexibility index (Phi) is 8.72. The van der Waals surface area contributed by atoms with Gasteiger partial charge in [0.05, 0.1) is 6.42 Å². The lowest BCUT2D eigenvalue weighted by Gasteiger charge is -2.31. The van der Waals surface area contributed by atoms with Gasteiger partial charge in [-0.25, -0.2) is 0 Å². The zero-order valence-electron chi connectivity index (χ0n) is 17.9.